The summed E-state index contributed by atoms with van der Waals surface area (Å²) < 4.78 is 5.44. The first-order valence-electron chi connectivity index (χ1n) is 9.41. The van der Waals surface area contributed by atoms with Gasteiger partial charge in [-0.1, -0.05) is 6.92 Å². The molecule has 0 spiro atoms. The molecule has 0 radical (unpaired) electrons. The summed E-state index contributed by atoms with van der Waals surface area (Å²) in [5.41, 5.74) is 0.838. The number of carbonyl (C=O) groups excluding carboxylic acids is 2. The van der Waals surface area contributed by atoms with Crippen molar-refractivity contribution in [1.29, 1.82) is 0 Å². The molecular formula is C19H28N4O3. The summed E-state index contributed by atoms with van der Waals surface area (Å²) in [6.07, 6.45) is 0. The summed E-state index contributed by atoms with van der Waals surface area (Å²) in [6, 6.07) is 7.41. The molecule has 0 aromatic heterocycles. The monoisotopic (exact) mass is 360 g/mol. The zero-order valence-electron chi connectivity index (χ0n) is 15.7. The van der Waals surface area contributed by atoms with Gasteiger partial charge in [-0.2, -0.15) is 0 Å². The molecule has 142 valence electrons. The molecule has 0 atom stereocenters. The lowest BCUT2D eigenvalue weighted by Gasteiger charge is -2.34. The van der Waals surface area contributed by atoms with Crippen molar-refractivity contribution in [1.82, 2.24) is 14.7 Å². The second-order valence-corrected chi connectivity index (χ2v) is 6.60. The molecule has 0 unspecified atom stereocenters. The smallest absolute Gasteiger partial charge is 0.325 e. The Hall–Kier alpha value is -2.28. The van der Waals surface area contributed by atoms with Gasteiger partial charge in [0.25, 0.3) is 0 Å². The molecule has 1 aromatic rings. The lowest BCUT2D eigenvalue weighted by molar-refractivity contribution is -0.133. The average molecular weight is 360 g/mol. The van der Waals surface area contributed by atoms with E-state index in [0.29, 0.717) is 19.7 Å². The third-order valence-corrected chi connectivity index (χ3v) is 5.05. The van der Waals surface area contributed by atoms with Crippen molar-refractivity contribution in [2.45, 2.75) is 13.8 Å². The first kappa shape index (κ1) is 18.5. The first-order chi connectivity index (χ1) is 12.6. The second kappa shape index (κ2) is 8.40. The largest absolute Gasteiger partial charge is 0.494 e. The lowest BCUT2D eigenvalue weighted by atomic mass is 10.3. The van der Waals surface area contributed by atoms with E-state index in [1.54, 1.807) is 9.80 Å². The summed E-state index contributed by atoms with van der Waals surface area (Å²) in [5.74, 6) is 0.837. The van der Waals surface area contributed by atoms with Gasteiger partial charge in [-0.15, -0.1) is 0 Å². The Morgan fingerprint density at radius 2 is 1.69 bits per heavy atom. The van der Waals surface area contributed by atoms with Gasteiger partial charge in [0, 0.05) is 45.0 Å². The highest BCUT2D eigenvalue weighted by Gasteiger charge is 2.32. The van der Waals surface area contributed by atoms with Crippen LogP contribution in [0.1, 0.15) is 13.8 Å². The van der Waals surface area contributed by atoms with Gasteiger partial charge in [0.05, 0.1) is 6.61 Å². The average Bonchev–Trinajstić information content (AvgIpc) is 3.03. The number of urea groups is 1. The van der Waals surface area contributed by atoms with Crippen LogP contribution in [0.2, 0.25) is 0 Å². The molecule has 7 heteroatoms. The summed E-state index contributed by atoms with van der Waals surface area (Å²) in [6.45, 7) is 10.4. The minimum Gasteiger partial charge on any atom is -0.494 e. The van der Waals surface area contributed by atoms with Crippen LogP contribution in [0.15, 0.2) is 24.3 Å². The Bertz CT molecular complexity index is 626. The number of anilines is 1. The molecule has 2 aliphatic rings. The van der Waals surface area contributed by atoms with Crippen LogP contribution < -0.4 is 9.64 Å². The zero-order chi connectivity index (χ0) is 18.5. The molecule has 0 N–H and O–H groups in total. The second-order valence-electron chi connectivity index (χ2n) is 6.60. The van der Waals surface area contributed by atoms with Crippen LogP contribution in [0, 0.1) is 0 Å². The molecule has 1 aromatic carbocycles. The molecule has 7 nitrogen and oxygen atoms in total. The van der Waals surface area contributed by atoms with Crippen molar-refractivity contribution >= 4 is 17.6 Å². The Morgan fingerprint density at radius 3 is 2.31 bits per heavy atom. The van der Waals surface area contributed by atoms with Crippen LogP contribution in [0.4, 0.5) is 10.5 Å². The third-order valence-electron chi connectivity index (χ3n) is 5.05. The van der Waals surface area contributed by atoms with Gasteiger partial charge in [0.2, 0.25) is 5.91 Å². The Balaban J connectivity index is 1.54. The standard InChI is InChI=1S/C19H28N4O3/c1-3-20-9-11-21(12-10-20)18(24)15-22-13-14-23(19(22)25)16-5-7-17(8-6-16)26-4-2/h5-8H,3-4,9-15H2,1-2H3. The number of piperazine rings is 1. The van der Waals surface area contributed by atoms with Crippen molar-refractivity contribution < 1.29 is 14.3 Å². The zero-order valence-corrected chi connectivity index (χ0v) is 15.7. The highest BCUT2D eigenvalue weighted by Crippen LogP contribution is 2.23. The van der Waals surface area contributed by atoms with E-state index in [2.05, 4.69) is 11.8 Å². The Morgan fingerprint density at radius 1 is 1.00 bits per heavy atom. The highest BCUT2D eigenvalue weighted by atomic mass is 16.5. The molecule has 3 rings (SSSR count). The van der Waals surface area contributed by atoms with Gasteiger partial charge < -0.3 is 19.4 Å². The van der Waals surface area contributed by atoms with Gasteiger partial charge in [-0.3, -0.25) is 9.69 Å². The number of hydrogen-bond acceptors (Lipinski definition) is 4. The fourth-order valence-electron chi connectivity index (χ4n) is 3.43. The molecule has 3 amide bonds. The maximum Gasteiger partial charge on any atom is 0.325 e. The minimum absolute atomic E-state index is 0.0441. The van der Waals surface area contributed by atoms with Gasteiger partial charge in [-0.25, -0.2) is 4.79 Å². The predicted molar refractivity (Wildman–Crippen MR) is 101 cm³/mol. The maximum absolute atomic E-state index is 12.7. The molecule has 2 aliphatic heterocycles. The van der Waals surface area contributed by atoms with Gasteiger partial charge in [0.1, 0.15) is 12.3 Å². The maximum atomic E-state index is 12.7. The summed E-state index contributed by atoms with van der Waals surface area (Å²) in [4.78, 5) is 32.8. The number of amides is 3. The van der Waals surface area contributed by atoms with Gasteiger partial charge in [0.15, 0.2) is 0 Å². The van der Waals surface area contributed by atoms with Gasteiger partial charge >= 0.3 is 6.03 Å². The van der Waals surface area contributed by atoms with Crippen LogP contribution >= 0.6 is 0 Å². The first-order valence-corrected chi connectivity index (χ1v) is 9.41. The van der Waals surface area contributed by atoms with E-state index in [0.717, 1.165) is 44.2 Å². The summed E-state index contributed by atoms with van der Waals surface area (Å²) in [5, 5.41) is 0. The highest BCUT2D eigenvalue weighted by molar-refractivity contribution is 5.96. The van der Waals surface area contributed by atoms with E-state index in [1.807, 2.05) is 36.1 Å². The summed E-state index contributed by atoms with van der Waals surface area (Å²) >= 11 is 0. The van der Waals surface area contributed by atoms with E-state index in [-0.39, 0.29) is 18.5 Å². The molecule has 0 saturated carbocycles. The fourth-order valence-corrected chi connectivity index (χ4v) is 3.43. The number of nitrogens with zero attached hydrogens (tertiary/aromatic N) is 4. The van der Waals surface area contributed by atoms with Gasteiger partial charge in [-0.05, 0) is 37.7 Å². The number of likely N-dealkylation sites (N-methyl/N-ethyl adjacent to an activating group) is 1. The number of benzene rings is 1. The molecule has 2 fully saturated rings. The third kappa shape index (κ3) is 4.09. The van der Waals surface area contributed by atoms with Crippen LogP contribution in [0.3, 0.4) is 0 Å². The quantitative estimate of drug-likeness (QED) is 0.771. The lowest BCUT2D eigenvalue weighted by Crippen LogP contribution is -2.51. The number of hydrogen-bond donors (Lipinski definition) is 0. The van der Waals surface area contributed by atoms with Crippen LogP contribution in [0.5, 0.6) is 5.75 Å². The van der Waals surface area contributed by atoms with Crippen molar-refractivity contribution in [3.8, 4) is 5.75 Å². The van der Waals surface area contributed by atoms with Crippen LogP contribution in [-0.4, -0.2) is 85.6 Å². The fraction of sp³-hybridized carbons (Fsp3) is 0.579. The van der Waals surface area contributed by atoms with E-state index in [9.17, 15) is 9.59 Å². The topological polar surface area (TPSA) is 56.3 Å². The van der Waals surface area contributed by atoms with E-state index < -0.39 is 0 Å². The molecule has 2 saturated heterocycles. The molecule has 2 heterocycles. The summed E-state index contributed by atoms with van der Waals surface area (Å²) in [7, 11) is 0. The Kier molecular flexibility index (Phi) is 5.98. The number of carbonyl (C=O) groups is 2. The van der Waals surface area contributed by atoms with E-state index >= 15 is 0 Å². The van der Waals surface area contributed by atoms with Crippen molar-refractivity contribution in [3.05, 3.63) is 24.3 Å². The number of rotatable bonds is 6. The van der Waals surface area contributed by atoms with Crippen molar-refractivity contribution in [2.24, 2.45) is 0 Å². The Labute approximate surface area is 155 Å². The SMILES string of the molecule is CCOc1ccc(N2CCN(CC(=O)N3CCN(CC)CC3)C2=O)cc1. The molecule has 0 bridgehead atoms. The van der Waals surface area contributed by atoms with Crippen LogP contribution in [0.25, 0.3) is 0 Å². The van der Waals surface area contributed by atoms with Crippen molar-refractivity contribution in [3.63, 3.8) is 0 Å². The van der Waals surface area contributed by atoms with Crippen LogP contribution in [-0.2, 0) is 4.79 Å². The number of ether oxygens (including phenoxy) is 1. The molecule has 0 aliphatic carbocycles. The normalized spacial score (nSPS) is 18.5. The van der Waals surface area contributed by atoms with E-state index in [1.165, 1.54) is 0 Å². The molecular weight excluding hydrogens is 332 g/mol. The van der Waals surface area contributed by atoms with E-state index in [4.69, 9.17) is 4.74 Å². The minimum atomic E-state index is -0.102. The van der Waals surface area contributed by atoms with Crippen molar-refractivity contribution in [2.75, 3.05) is 63.9 Å². The predicted octanol–water partition coefficient (Wildman–Crippen LogP) is 1.49. The molecule has 26 heavy (non-hydrogen) atoms.